The van der Waals surface area contributed by atoms with Crippen LogP contribution in [0.5, 0.6) is 0 Å². The van der Waals surface area contributed by atoms with Gasteiger partial charge in [-0.3, -0.25) is 4.79 Å². The van der Waals surface area contributed by atoms with E-state index in [4.69, 9.17) is 4.74 Å². The average molecular weight is 461 g/mol. The SMILES string of the molecule is O=C(OC(C(=O)c1ccccc1)c1ccccc1)c1cc(-c2ccc(F)cc2)nc2ccccc12. The van der Waals surface area contributed by atoms with Crippen molar-refractivity contribution < 1.29 is 18.7 Å². The molecule has 0 radical (unpaired) electrons. The van der Waals surface area contributed by atoms with Crippen LogP contribution in [-0.4, -0.2) is 16.7 Å². The van der Waals surface area contributed by atoms with E-state index in [0.29, 0.717) is 33.3 Å². The number of esters is 1. The molecule has 0 bridgehead atoms. The summed E-state index contributed by atoms with van der Waals surface area (Å²) in [4.78, 5) is 31.6. The first-order chi connectivity index (χ1) is 17.1. The number of benzene rings is 4. The maximum Gasteiger partial charge on any atom is 0.339 e. The highest BCUT2D eigenvalue weighted by molar-refractivity contribution is 6.07. The number of hydrogen-bond donors (Lipinski definition) is 0. The Bertz CT molecular complexity index is 1500. The van der Waals surface area contributed by atoms with Gasteiger partial charge in [0.2, 0.25) is 5.78 Å². The van der Waals surface area contributed by atoms with Gasteiger partial charge in [0.05, 0.1) is 16.8 Å². The molecule has 4 nitrogen and oxygen atoms in total. The van der Waals surface area contributed by atoms with Crippen molar-refractivity contribution >= 4 is 22.7 Å². The predicted molar refractivity (Wildman–Crippen MR) is 133 cm³/mol. The van der Waals surface area contributed by atoms with E-state index in [1.54, 1.807) is 78.9 Å². The number of ether oxygens (including phenoxy) is 1. The zero-order valence-corrected chi connectivity index (χ0v) is 18.6. The average Bonchev–Trinajstić information content (AvgIpc) is 2.92. The molecule has 0 N–H and O–H groups in total. The second-order valence-electron chi connectivity index (χ2n) is 8.01. The summed E-state index contributed by atoms with van der Waals surface area (Å²) < 4.78 is 19.3. The Kier molecular flexibility index (Phi) is 6.14. The number of carbonyl (C=O) groups excluding carboxylic acids is 2. The van der Waals surface area contributed by atoms with Gasteiger partial charge in [0.1, 0.15) is 5.82 Å². The van der Waals surface area contributed by atoms with E-state index in [9.17, 15) is 14.0 Å². The van der Waals surface area contributed by atoms with Gasteiger partial charge in [-0.15, -0.1) is 0 Å². The quantitative estimate of drug-likeness (QED) is 0.206. The van der Waals surface area contributed by atoms with Gasteiger partial charge in [0.25, 0.3) is 0 Å². The monoisotopic (exact) mass is 461 g/mol. The third-order valence-electron chi connectivity index (χ3n) is 5.70. The zero-order valence-electron chi connectivity index (χ0n) is 18.6. The number of halogens is 1. The molecule has 170 valence electrons. The van der Waals surface area contributed by atoms with Gasteiger partial charge >= 0.3 is 5.97 Å². The first-order valence-electron chi connectivity index (χ1n) is 11.1. The largest absolute Gasteiger partial charge is 0.445 e. The topological polar surface area (TPSA) is 56.3 Å². The lowest BCUT2D eigenvalue weighted by molar-refractivity contribution is 0.0282. The molecule has 0 aliphatic carbocycles. The van der Waals surface area contributed by atoms with Crippen LogP contribution in [0.3, 0.4) is 0 Å². The molecule has 0 aliphatic heterocycles. The van der Waals surface area contributed by atoms with Crippen LogP contribution in [0.25, 0.3) is 22.2 Å². The van der Waals surface area contributed by atoms with Gasteiger partial charge in [-0.05, 0) is 36.4 Å². The number of Topliss-reactive ketones (excluding diaryl/α,β-unsaturated/α-hetero) is 1. The van der Waals surface area contributed by atoms with Crippen molar-refractivity contribution in [1.82, 2.24) is 4.98 Å². The number of rotatable bonds is 6. The molecule has 1 unspecified atom stereocenters. The molecule has 1 aromatic heterocycles. The number of carbonyl (C=O) groups is 2. The third kappa shape index (κ3) is 4.70. The van der Waals surface area contributed by atoms with Crippen LogP contribution in [-0.2, 0) is 4.74 Å². The van der Waals surface area contributed by atoms with E-state index in [0.717, 1.165) is 0 Å². The fraction of sp³-hybridized carbons (Fsp3) is 0.0333. The second-order valence-corrected chi connectivity index (χ2v) is 8.01. The Morgan fingerprint density at radius 3 is 2.09 bits per heavy atom. The molecule has 5 heteroatoms. The summed E-state index contributed by atoms with van der Waals surface area (Å²) in [6, 6.07) is 32.4. The van der Waals surface area contributed by atoms with E-state index < -0.39 is 12.1 Å². The Morgan fingerprint density at radius 1 is 0.743 bits per heavy atom. The van der Waals surface area contributed by atoms with Crippen LogP contribution in [0.15, 0.2) is 115 Å². The van der Waals surface area contributed by atoms with Crippen molar-refractivity contribution in [1.29, 1.82) is 0 Å². The third-order valence-corrected chi connectivity index (χ3v) is 5.70. The van der Waals surface area contributed by atoms with Gasteiger partial charge in [-0.25, -0.2) is 14.2 Å². The molecule has 5 rings (SSSR count). The van der Waals surface area contributed by atoms with Crippen molar-refractivity contribution in [2.24, 2.45) is 0 Å². The Labute approximate surface area is 201 Å². The van der Waals surface area contributed by atoms with E-state index in [2.05, 4.69) is 4.98 Å². The van der Waals surface area contributed by atoms with Gasteiger partial charge in [0.15, 0.2) is 6.10 Å². The van der Waals surface area contributed by atoms with Crippen LogP contribution in [0, 0.1) is 5.82 Å². The number of aromatic nitrogens is 1. The summed E-state index contributed by atoms with van der Waals surface area (Å²) in [5.74, 6) is -1.33. The van der Waals surface area contributed by atoms with Crippen molar-refractivity contribution in [3.05, 3.63) is 138 Å². The Morgan fingerprint density at radius 2 is 1.37 bits per heavy atom. The first kappa shape index (κ1) is 22.2. The van der Waals surface area contributed by atoms with Gasteiger partial charge < -0.3 is 4.74 Å². The van der Waals surface area contributed by atoms with Crippen molar-refractivity contribution in [3.8, 4) is 11.3 Å². The molecular weight excluding hydrogens is 441 g/mol. The highest BCUT2D eigenvalue weighted by Gasteiger charge is 2.27. The maximum atomic E-state index is 13.6. The number of ketones is 1. The van der Waals surface area contributed by atoms with E-state index in [1.165, 1.54) is 12.1 Å². The summed E-state index contributed by atoms with van der Waals surface area (Å²) in [6.07, 6.45) is -1.12. The minimum Gasteiger partial charge on any atom is -0.445 e. The second kappa shape index (κ2) is 9.69. The standard InChI is InChI=1S/C30H20FNO3/c31-23-17-15-20(16-18-23)27-19-25(24-13-7-8-14-26(24)32-27)30(34)35-29(22-11-5-2-6-12-22)28(33)21-9-3-1-4-10-21/h1-19,29H. The molecule has 0 amide bonds. The minimum absolute atomic E-state index is 0.275. The maximum absolute atomic E-state index is 13.6. The smallest absolute Gasteiger partial charge is 0.339 e. The van der Waals surface area contributed by atoms with E-state index >= 15 is 0 Å². The molecule has 1 atom stereocenters. The molecule has 1 heterocycles. The van der Waals surface area contributed by atoms with Crippen LogP contribution >= 0.6 is 0 Å². The van der Waals surface area contributed by atoms with Crippen LogP contribution in [0.1, 0.15) is 32.4 Å². The summed E-state index contributed by atoms with van der Waals surface area (Å²) in [5.41, 5.74) is 3.05. The van der Waals surface area contributed by atoms with E-state index in [-0.39, 0.29) is 17.2 Å². The number of hydrogen-bond acceptors (Lipinski definition) is 4. The van der Waals surface area contributed by atoms with Gasteiger partial charge in [-0.1, -0.05) is 78.9 Å². The molecule has 35 heavy (non-hydrogen) atoms. The normalized spacial score (nSPS) is 11.7. The molecule has 0 aliphatic rings. The first-order valence-corrected chi connectivity index (χ1v) is 11.1. The zero-order chi connectivity index (χ0) is 24.2. The number of para-hydroxylation sites is 1. The molecular formula is C30H20FNO3. The lowest BCUT2D eigenvalue weighted by Gasteiger charge is -2.18. The molecule has 5 aromatic rings. The lowest BCUT2D eigenvalue weighted by Crippen LogP contribution is -2.20. The van der Waals surface area contributed by atoms with Crippen LogP contribution in [0.4, 0.5) is 4.39 Å². The minimum atomic E-state index is -1.12. The number of pyridine rings is 1. The Hall–Kier alpha value is -4.64. The molecule has 0 fully saturated rings. The van der Waals surface area contributed by atoms with Crippen molar-refractivity contribution in [2.45, 2.75) is 6.10 Å². The lowest BCUT2D eigenvalue weighted by atomic mass is 9.99. The Balaban J connectivity index is 1.57. The van der Waals surface area contributed by atoms with Crippen LogP contribution in [0.2, 0.25) is 0 Å². The van der Waals surface area contributed by atoms with E-state index in [1.807, 2.05) is 24.3 Å². The fourth-order valence-corrected chi connectivity index (χ4v) is 3.94. The molecule has 0 saturated heterocycles. The fourth-order valence-electron chi connectivity index (χ4n) is 3.94. The summed E-state index contributed by atoms with van der Waals surface area (Å²) in [5, 5.41) is 0.599. The summed E-state index contributed by atoms with van der Waals surface area (Å²) >= 11 is 0. The predicted octanol–water partition coefficient (Wildman–Crippen LogP) is 6.82. The summed E-state index contributed by atoms with van der Waals surface area (Å²) in [6.45, 7) is 0. The highest BCUT2D eigenvalue weighted by Crippen LogP contribution is 2.29. The van der Waals surface area contributed by atoms with Crippen LogP contribution < -0.4 is 0 Å². The molecule has 4 aromatic carbocycles. The van der Waals surface area contributed by atoms with Crippen molar-refractivity contribution in [2.75, 3.05) is 0 Å². The number of nitrogens with zero attached hydrogens (tertiary/aromatic N) is 1. The molecule has 0 saturated carbocycles. The van der Waals surface area contributed by atoms with Gasteiger partial charge in [0, 0.05) is 22.1 Å². The number of fused-ring (bicyclic) bond motifs is 1. The highest BCUT2D eigenvalue weighted by atomic mass is 19.1. The van der Waals surface area contributed by atoms with Gasteiger partial charge in [-0.2, -0.15) is 0 Å². The van der Waals surface area contributed by atoms with Crippen molar-refractivity contribution in [3.63, 3.8) is 0 Å². The summed E-state index contributed by atoms with van der Waals surface area (Å²) in [7, 11) is 0. The molecule has 0 spiro atoms.